The lowest BCUT2D eigenvalue weighted by molar-refractivity contribution is -0.705. The zero-order valence-corrected chi connectivity index (χ0v) is 29.0. The summed E-state index contributed by atoms with van der Waals surface area (Å²) in [5, 5.41) is 5.14. The van der Waals surface area contributed by atoms with E-state index in [2.05, 4.69) is 5.32 Å². The van der Waals surface area contributed by atoms with E-state index in [1.807, 2.05) is 22.9 Å². The van der Waals surface area contributed by atoms with Crippen molar-refractivity contribution in [2.75, 3.05) is 25.5 Å². The molecule has 9 nitrogen and oxygen atoms in total. The van der Waals surface area contributed by atoms with Crippen LogP contribution in [0.15, 0.2) is 73.3 Å². The summed E-state index contributed by atoms with van der Waals surface area (Å²) < 4.78 is 21.0. The first-order chi connectivity index (χ1) is 21.9. The van der Waals surface area contributed by atoms with Gasteiger partial charge in [0.15, 0.2) is 0 Å². The molecule has 0 fully saturated rings. The van der Waals surface area contributed by atoms with E-state index in [9.17, 15) is 9.59 Å². The molecule has 4 aromatic rings. The molecular weight excluding hydrogens is 698 g/mol. The van der Waals surface area contributed by atoms with Crippen molar-refractivity contribution in [3.05, 3.63) is 115 Å². The van der Waals surface area contributed by atoms with Crippen LogP contribution in [0.2, 0.25) is 25.1 Å². The predicted octanol–water partition coefficient (Wildman–Crippen LogP) is 8.05. The summed E-state index contributed by atoms with van der Waals surface area (Å²) in [6.45, 7) is 2.34. The Balaban J connectivity index is 1.46. The van der Waals surface area contributed by atoms with Gasteiger partial charge < -0.3 is 19.5 Å². The van der Waals surface area contributed by atoms with Crippen LogP contribution >= 0.6 is 58.0 Å². The van der Waals surface area contributed by atoms with Crippen LogP contribution in [-0.4, -0.2) is 37.3 Å². The SMILES string of the molecule is CNCC(=O)OCc1ccc(Cl)cc1N(C)C(=O)OC(C)n1cc[n+](CC(OCc2ccc(Cl)cc2Cl)c2ccc(Cl)cc2Cl)c1. The first-order valence-electron chi connectivity index (χ1n) is 14.0. The molecule has 0 radical (unpaired) electrons. The Bertz CT molecular complexity index is 1680. The number of nitrogens with one attached hydrogen (secondary N) is 1. The zero-order valence-electron chi connectivity index (χ0n) is 25.2. The maximum Gasteiger partial charge on any atom is 0.417 e. The number of amides is 1. The molecule has 3 aromatic carbocycles. The molecule has 2 atom stereocenters. The summed E-state index contributed by atoms with van der Waals surface area (Å²) in [7, 11) is 3.20. The van der Waals surface area contributed by atoms with E-state index in [-0.39, 0.29) is 19.8 Å². The van der Waals surface area contributed by atoms with E-state index in [1.54, 1.807) is 80.6 Å². The van der Waals surface area contributed by atoms with E-state index in [1.165, 1.54) is 4.90 Å². The summed E-state index contributed by atoms with van der Waals surface area (Å²) in [4.78, 5) is 26.4. The van der Waals surface area contributed by atoms with Gasteiger partial charge in [-0.2, -0.15) is 4.57 Å². The number of ether oxygens (including phenoxy) is 3. The number of benzene rings is 3. The fourth-order valence-corrected chi connectivity index (χ4v) is 5.63. The van der Waals surface area contributed by atoms with Gasteiger partial charge in [0.25, 0.3) is 0 Å². The number of hydrogen-bond donors (Lipinski definition) is 1. The largest absolute Gasteiger partial charge is 0.460 e. The third kappa shape index (κ3) is 9.75. The van der Waals surface area contributed by atoms with E-state index < -0.39 is 24.4 Å². The van der Waals surface area contributed by atoms with Gasteiger partial charge in [-0.05, 0) is 49.0 Å². The number of aromatic nitrogens is 2. The minimum absolute atomic E-state index is 0.0388. The molecule has 244 valence electrons. The first kappa shape index (κ1) is 35.8. The normalized spacial score (nSPS) is 12.4. The molecule has 0 saturated heterocycles. The van der Waals surface area contributed by atoms with E-state index in [0.717, 1.165) is 11.1 Å². The van der Waals surface area contributed by atoms with Crippen LogP contribution in [0.25, 0.3) is 0 Å². The van der Waals surface area contributed by atoms with E-state index in [4.69, 9.17) is 72.2 Å². The minimum Gasteiger partial charge on any atom is -0.460 e. The molecule has 4 rings (SSSR count). The maximum atomic E-state index is 13.2. The van der Waals surface area contributed by atoms with Crippen molar-refractivity contribution in [3.63, 3.8) is 0 Å². The van der Waals surface area contributed by atoms with Crippen molar-refractivity contribution in [1.82, 2.24) is 9.88 Å². The number of likely N-dealkylation sites (N-methyl/N-ethyl adjacent to an activating group) is 1. The summed E-state index contributed by atoms with van der Waals surface area (Å²) in [5.41, 5.74) is 2.55. The number of halogens is 5. The van der Waals surface area contributed by atoms with Gasteiger partial charge in [0.05, 0.1) is 18.8 Å². The van der Waals surface area contributed by atoms with Gasteiger partial charge >= 0.3 is 12.1 Å². The molecule has 1 aromatic heterocycles. The van der Waals surface area contributed by atoms with Crippen molar-refractivity contribution >= 4 is 75.8 Å². The molecule has 14 heteroatoms. The Morgan fingerprint density at radius 1 is 0.913 bits per heavy atom. The highest BCUT2D eigenvalue weighted by molar-refractivity contribution is 6.35. The van der Waals surface area contributed by atoms with Crippen LogP contribution in [0.5, 0.6) is 0 Å². The number of carbonyl (C=O) groups excluding carboxylic acids is 2. The number of carbonyl (C=O) groups is 2. The van der Waals surface area contributed by atoms with Gasteiger partial charge in [0.1, 0.15) is 31.6 Å². The second kappa shape index (κ2) is 16.7. The minimum atomic E-state index is -0.682. The quantitative estimate of drug-likeness (QED) is 0.111. The van der Waals surface area contributed by atoms with Crippen LogP contribution in [0.4, 0.5) is 10.5 Å². The molecule has 0 bridgehead atoms. The van der Waals surface area contributed by atoms with Gasteiger partial charge in [0.2, 0.25) is 12.6 Å². The van der Waals surface area contributed by atoms with Crippen LogP contribution in [0.3, 0.4) is 0 Å². The lowest BCUT2D eigenvalue weighted by atomic mass is 10.1. The number of nitrogens with zero attached hydrogens (tertiary/aromatic N) is 3. The lowest BCUT2D eigenvalue weighted by Crippen LogP contribution is -2.36. The van der Waals surface area contributed by atoms with Gasteiger partial charge in [-0.1, -0.05) is 76.2 Å². The molecule has 0 aliphatic carbocycles. The second-order valence-corrected chi connectivity index (χ2v) is 12.4. The Kier molecular flexibility index (Phi) is 13.0. The highest BCUT2D eigenvalue weighted by Gasteiger charge is 2.25. The third-order valence-corrected chi connectivity index (χ3v) is 8.32. The monoisotopic (exact) mass is 727 g/mol. The van der Waals surface area contributed by atoms with E-state index >= 15 is 0 Å². The fourth-order valence-electron chi connectivity index (χ4n) is 4.47. The molecule has 0 spiro atoms. The number of anilines is 1. The van der Waals surface area contributed by atoms with Gasteiger partial charge in [-0.15, -0.1) is 0 Å². The van der Waals surface area contributed by atoms with Gasteiger partial charge in [-0.25, -0.2) is 9.36 Å². The molecule has 0 saturated carbocycles. The second-order valence-electron chi connectivity index (χ2n) is 10.3. The lowest BCUT2D eigenvalue weighted by Gasteiger charge is -2.22. The van der Waals surface area contributed by atoms with Crippen LogP contribution in [0, 0.1) is 0 Å². The van der Waals surface area contributed by atoms with Gasteiger partial charge in [0, 0.05) is 50.2 Å². The van der Waals surface area contributed by atoms with Crippen molar-refractivity contribution < 1.29 is 28.4 Å². The average Bonchev–Trinajstić information content (AvgIpc) is 3.48. The third-order valence-electron chi connectivity index (χ3n) is 6.94. The Morgan fingerprint density at radius 2 is 1.57 bits per heavy atom. The Morgan fingerprint density at radius 3 is 2.24 bits per heavy atom. The summed E-state index contributed by atoms with van der Waals surface area (Å²) in [5.74, 6) is -0.428. The van der Waals surface area contributed by atoms with Crippen molar-refractivity contribution in [2.24, 2.45) is 0 Å². The highest BCUT2D eigenvalue weighted by Crippen LogP contribution is 2.31. The highest BCUT2D eigenvalue weighted by atomic mass is 35.5. The van der Waals surface area contributed by atoms with Crippen molar-refractivity contribution in [3.8, 4) is 0 Å². The molecule has 2 unspecified atom stereocenters. The summed E-state index contributed by atoms with van der Waals surface area (Å²) in [6.07, 6.45) is 3.60. The Hall–Kier alpha value is -3.02. The molecule has 46 heavy (non-hydrogen) atoms. The number of imidazole rings is 1. The zero-order chi connectivity index (χ0) is 33.4. The summed E-state index contributed by atoms with van der Waals surface area (Å²) >= 11 is 31.4. The van der Waals surface area contributed by atoms with Crippen molar-refractivity contribution in [1.29, 1.82) is 0 Å². The standard InChI is InChI=1S/C32H32Cl5N4O5/c1-20(46-32(43)39(3)29-14-25(35)7-5-22(29)18-45-31(42)15-38-2)41-11-10-40(19-41)16-30(26-9-8-24(34)13-28(26)37)44-17-21-4-6-23(33)12-27(21)36/h4-14,19-20,30,38H,15-18H2,1-3H3/q+1. The van der Waals surface area contributed by atoms with Crippen LogP contribution in [-0.2, 0) is 38.8 Å². The summed E-state index contributed by atoms with van der Waals surface area (Å²) in [6, 6.07) is 15.4. The number of hydrogen-bond acceptors (Lipinski definition) is 6. The van der Waals surface area contributed by atoms with Crippen LogP contribution < -0.4 is 14.8 Å². The topological polar surface area (TPSA) is 85.9 Å². The van der Waals surface area contributed by atoms with Crippen LogP contribution in [0.1, 0.15) is 35.9 Å². The molecule has 1 heterocycles. The Labute approximate surface area is 292 Å². The average molecular weight is 730 g/mol. The number of rotatable bonds is 13. The molecular formula is C32H32Cl5N4O5+. The molecule has 0 aliphatic rings. The van der Waals surface area contributed by atoms with Crippen molar-refractivity contribution in [2.45, 2.75) is 39.0 Å². The fraction of sp³-hybridized carbons (Fsp3) is 0.281. The van der Waals surface area contributed by atoms with E-state index in [0.29, 0.717) is 42.9 Å². The molecule has 0 aliphatic heterocycles. The van der Waals surface area contributed by atoms with Gasteiger partial charge in [-0.3, -0.25) is 9.69 Å². The maximum absolute atomic E-state index is 13.2. The smallest absolute Gasteiger partial charge is 0.417 e. The predicted molar refractivity (Wildman–Crippen MR) is 180 cm³/mol. The first-order valence-corrected chi connectivity index (χ1v) is 15.9. The molecule has 1 N–H and O–H groups in total. The molecule has 1 amide bonds. The number of esters is 1.